The summed E-state index contributed by atoms with van der Waals surface area (Å²) in [4.78, 5) is 11.3. The van der Waals surface area contributed by atoms with E-state index >= 15 is 0 Å². The minimum atomic E-state index is -0.323. The van der Waals surface area contributed by atoms with Crippen LogP contribution in [0.15, 0.2) is 12.3 Å². The Morgan fingerprint density at radius 2 is 2.38 bits per heavy atom. The number of aryl methyl sites for hydroxylation is 1. The van der Waals surface area contributed by atoms with Crippen LogP contribution in [0, 0.1) is 0 Å². The Morgan fingerprint density at radius 1 is 1.69 bits per heavy atom. The first-order valence-corrected chi connectivity index (χ1v) is 4.52. The van der Waals surface area contributed by atoms with Gasteiger partial charge in [0.05, 0.1) is 11.6 Å². The normalized spacial score (nSPS) is 10.1. The number of nitrogens with zero attached hydrogens (tertiary/aromatic N) is 1. The van der Waals surface area contributed by atoms with Crippen molar-refractivity contribution in [1.29, 1.82) is 0 Å². The number of esters is 1. The van der Waals surface area contributed by atoms with Gasteiger partial charge >= 0.3 is 5.97 Å². The van der Waals surface area contributed by atoms with Crippen LogP contribution in [-0.2, 0) is 11.8 Å². The second kappa shape index (κ2) is 4.33. The number of rotatable bonds is 3. The van der Waals surface area contributed by atoms with Gasteiger partial charge < -0.3 is 9.30 Å². The van der Waals surface area contributed by atoms with Crippen LogP contribution < -0.4 is 0 Å². The molecule has 0 bridgehead atoms. The van der Waals surface area contributed by atoms with E-state index in [9.17, 15) is 4.79 Å². The number of carbonyl (C=O) groups excluding carboxylic acids is 1. The smallest absolute Gasteiger partial charge is 0.354 e. The molecular weight excluding hydrogens is 190 g/mol. The maximum atomic E-state index is 11.3. The fraction of sp³-hybridized carbons (Fsp3) is 0.444. The minimum Gasteiger partial charge on any atom is -0.461 e. The molecule has 0 unspecified atom stereocenters. The van der Waals surface area contributed by atoms with Gasteiger partial charge in [0.2, 0.25) is 0 Å². The van der Waals surface area contributed by atoms with E-state index < -0.39 is 0 Å². The van der Waals surface area contributed by atoms with E-state index in [0.29, 0.717) is 17.3 Å². The van der Waals surface area contributed by atoms with Gasteiger partial charge in [-0.25, -0.2) is 4.79 Å². The summed E-state index contributed by atoms with van der Waals surface area (Å²) in [6.45, 7) is 2.40. The highest BCUT2D eigenvalue weighted by atomic mass is 35.5. The number of aromatic nitrogens is 1. The summed E-state index contributed by atoms with van der Waals surface area (Å²) in [5, 5.41) is 0.547. The molecule has 0 saturated heterocycles. The van der Waals surface area contributed by atoms with Crippen molar-refractivity contribution in [2.75, 3.05) is 6.61 Å². The molecule has 3 nitrogen and oxygen atoms in total. The van der Waals surface area contributed by atoms with Crippen LogP contribution in [0.3, 0.4) is 0 Å². The molecule has 0 spiro atoms. The first kappa shape index (κ1) is 10.1. The first-order valence-electron chi connectivity index (χ1n) is 4.14. The number of ether oxygens (including phenoxy) is 1. The zero-order chi connectivity index (χ0) is 9.84. The zero-order valence-electron chi connectivity index (χ0n) is 7.71. The quantitative estimate of drug-likeness (QED) is 0.703. The van der Waals surface area contributed by atoms with Gasteiger partial charge in [0.25, 0.3) is 0 Å². The molecule has 1 aromatic heterocycles. The third-order valence-corrected chi connectivity index (χ3v) is 1.82. The number of halogens is 1. The molecule has 0 aliphatic carbocycles. The van der Waals surface area contributed by atoms with Crippen LogP contribution in [0.1, 0.15) is 23.8 Å². The summed E-state index contributed by atoms with van der Waals surface area (Å²) >= 11 is 5.72. The lowest BCUT2D eigenvalue weighted by molar-refractivity contribution is 0.0494. The van der Waals surface area contributed by atoms with Gasteiger partial charge in [-0.05, 0) is 12.5 Å². The van der Waals surface area contributed by atoms with Gasteiger partial charge in [-0.1, -0.05) is 18.5 Å². The van der Waals surface area contributed by atoms with Crippen LogP contribution in [0.2, 0.25) is 5.02 Å². The predicted molar refractivity (Wildman–Crippen MR) is 51.0 cm³/mol. The third kappa shape index (κ3) is 2.49. The van der Waals surface area contributed by atoms with Crippen LogP contribution in [0.4, 0.5) is 0 Å². The fourth-order valence-electron chi connectivity index (χ4n) is 0.996. The lowest BCUT2D eigenvalue weighted by atomic mass is 10.4. The van der Waals surface area contributed by atoms with Crippen LogP contribution in [0.25, 0.3) is 0 Å². The monoisotopic (exact) mass is 201 g/mol. The standard InChI is InChI=1S/C9H12ClNO2/c1-3-4-13-9(12)8-5-7(10)6-11(8)2/h5-6H,3-4H2,1-2H3. The molecule has 0 amide bonds. The van der Waals surface area contributed by atoms with E-state index in [-0.39, 0.29) is 5.97 Å². The van der Waals surface area contributed by atoms with Crippen LogP contribution in [0.5, 0.6) is 0 Å². The van der Waals surface area contributed by atoms with E-state index in [1.807, 2.05) is 6.92 Å². The average Bonchev–Trinajstić information content (AvgIpc) is 2.41. The van der Waals surface area contributed by atoms with Gasteiger partial charge in [-0.2, -0.15) is 0 Å². The molecule has 13 heavy (non-hydrogen) atoms. The van der Waals surface area contributed by atoms with Crippen molar-refractivity contribution in [3.05, 3.63) is 23.0 Å². The highest BCUT2D eigenvalue weighted by Crippen LogP contribution is 2.13. The van der Waals surface area contributed by atoms with Crippen molar-refractivity contribution in [3.8, 4) is 0 Å². The van der Waals surface area contributed by atoms with Crippen molar-refractivity contribution in [3.63, 3.8) is 0 Å². The Balaban J connectivity index is 2.70. The molecule has 0 radical (unpaired) electrons. The molecular formula is C9H12ClNO2. The molecule has 0 fully saturated rings. The second-order valence-electron chi connectivity index (χ2n) is 2.79. The van der Waals surface area contributed by atoms with Crippen molar-refractivity contribution in [2.45, 2.75) is 13.3 Å². The topological polar surface area (TPSA) is 31.2 Å². The summed E-state index contributed by atoms with van der Waals surface area (Å²) in [6.07, 6.45) is 2.49. The molecule has 1 rings (SSSR count). The largest absolute Gasteiger partial charge is 0.461 e. The van der Waals surface area contributed by atoms with Crippen molar-refractivity contribution < 1.29 is 9.53 Å². The molecule has 0 saturated carbocycles. The van der Waals surface area contributed by atoms with Crippen LogP contribution >= 0.6 is 11.6 Å². The van der Waals surface area contributed by atoms with E-state index in [2.05, 4.69) is 0 Å². The molecule has 0 N–H and O–H groups in total. The molecule has 4 heteroatoms. The predicted octanol–water partition coefficient (Wildman–Crippen LogP) is 2.25. The molecule has 0 aromatic carbocycles. The Morgan fingerprint density at radius 3 is 2.85 bits per heavy atom. The fourth-order valence-corrected chi connectivity index (χ4v) is 1.25. The van der Waals surface area contributed by atoms with E-state index in [4.69, 9.17) is 16.3 Å². The maximum Gasteiger partial charge on any atom is 0.354 e. The van der Waals surface area contributed by atoms with Crippen molar-refractivity contribution in [2.24, 2.45) is 7.05 Å². The first-order chi connectivity index (χ1) is 6.15. The molecule has 0 aliphatic heterocycles. The van der Waals surface area contributed by atoms with Crippen molar-refractivity contribution in [1.82, 2.24) is 4.57 Å². The van der Waals surface area contributed by atoms with Gasteiger partial charge in [0, 0.05) is 13.2 Å². The summed E-state index contributed by atoms with van der Waals surface area (Å²) < 4.78 is 6.61. The number of carbonyl (C=O) groups is 1. The Kier molecular flexibility index (Phi) is 3.37. The van der Waals surface area contributed by atoms with E-state index in [0.717, 1.165) is 6.42 Å². The lowest BCUT2D eigenvalue weighted by Crippen LogP contribution is -2.09. The third-order valence-electron chi connectivity index (χ3n) is 1.62. The summed E-state index contributed by atoms with van der Waals surface area (Å²) in [7, 11) is 1.76. The summed E-state index contributed by atoms with van der Waals surface area (Å²) in [5.74, 6) is -0.323. The maximum absolute atomic E-state index is 11.3. The van der Waals surface area contributed by atoms with Crippen LogP contribution in [-0.4, -0.2) is 17.1 Å². The minimum absolute atomic E-state index is 0.323. The summed E-state index contributed by atoms with van der Waals surface area (Å²) in [5.41, 5.74) is 0.485. The SMILES string of the molecule is CCCOC(=O)c1cc(Cl)cn1C. The Bertz CT molecular complexity index is 307. The highest BCUT2D eigenvalue weighted by molar-refractivity contribution is 6.30. The molecule has 0 aliphatic rings. The lowest BCUT2D eigenvalue weighted by Gasteiger charge is -2.02. The Hall–Kier alpha value is -0.960. The number of hydrogen-bond acceptors (Lipinski definition) is 2. The zero-order valence-corrected chi connectivity index (χ0v) is 8.47. The second-order valence-corrected chi connectivity index (χ2v) is 3.23. The van der Waals surface area contributed by atoms with Gasteiger partial charge in [-0.3, -0.25) is 0 Å². The highest BCUT2D eigenvalue weighted by Gasteiger charge is 2.11. The summed E-state index contributed by atoms with van der Waals surface area (Å²) in [6, 6.07) is 1.60. The van der Waals surface area contributed by atoms with Gasteiger partial charge in [-0.15, -0.1) is 0 Å². The van der Waals surface area contributed by atoms with Gasteiger partial charge in [0.1, 0.15) is 5.69 Å². The molecule has 1 aromatic rings. The molecule has 72 valence electrons. The molecule has 1 heterocycles. The number of hydrogen-bond donors (Lipinski definition) is 0. The molecule has 0 atom stereocenters. The van der Waals surface area contributed by atoms with E-state index in [1.54, 1.807) is 23.9 Å². The van der Waals surface area contributed by atoms with E-state index in [1.165, 1.54) is 0 Å². The average molecular weight is 202 g/mol. The Labute approximate surface area is 82.3 Å². The van der Waals surface area contributed by atoms with Crippen molar-refractivity contribution >= 4 is 17.6 Å². The van der Waals surface area contributed by atoms with Gasteiger partial charge in [0.15, 0.2) is 0 Å².